The van der Waals surface area contributed by atoms with Crippen LogP contribution < -0.4 is 5.32 Å². The van der Waals surface area contributed by atoms with Gasteiger partial charge in [0.15, 0.2) is 0 Å². The average molecular weight is 180 g/mol. The summed E-state index contributed by atoms with van der Waals surface area (Å²) in [4.78, 5) is 11.1. The molecule has 2 nitrogen and oxygen atoms in total. The molecule has 1 aromatic rings. The molecule has 1 rings (SSSR count). The van der Waals surface area contributed by atoms with E-state index >= 15 is 0 Å². The van der Waals surface area contributed by atoms with Crippen LogP contribution >= 0.6 is 12.6 Å². The minimum atomic E-state index is -0.427. The molecule has 0 spiro atoms. The van der Waals surface area contributed by atoms with Gasteiger partial charge in [0.1, 0.15) is 5.25 Å². The zero-order valence-corrected chi connectivity index (χ0v) is 7.42. The van der Waals surface area contributed by atoms with Gasteiger partial charge in [-0.1, -0.05) is 30.3 Å². The van der Waals surface area contributed by atoms with Crippen molar-refractivity contribution in [3.63, 3.8) is 0 Å². The molecule has 1 N–H and O–H groups in total. The Kier molecular flexibility index (Phi) is 3.17. The van der Waals surface area contributed by atoms with Crippen molar-refractivity contribution in [1.29, 1.82) is 0 Å². The van der Waals surface area contributed by atoms with Crippen LogP contribution in [0.1, 0.15) is 10.8 Å². The number of carbonyl (C=O) groups excluding carboxylic acids is 1. The third-order valence-electron chi connectivity index (χ3n) is 1.54. The van der Waals surface area contributed by atoms with E-state index in [2.05, 4.69) is 25.0 Å². The van der Waals surface area contributed by atoms with Crippen molar-refractivity contribution < 1.29 is 4.79 Å². The van der Waals surface area contributed by atoms with E-state index in [9.17, 15) is 4.79 Å². The highest BCUT2D eigenvalue weighted by atomic mass is 32.1. The number of amides is 1. The van der Waals surface area contributed by atoms with Crippen LogP contribution in [-0.4, -0.2) is 5.91 Å². The topological polar surface area (TPSA) is 29.1 Å². The van der Waals surface area contributed by atoms with Gasteiger partial charge in [-0.3, -0.25) is 4.79 Å². The van der Waals surface area contributed by atoms with Crippen molar-refractivity contribution >= 4 is 18.5 Å². The molecule has 63 valence electrons. The summed E-state index contributed by atoms with van der Waals surface area (Å²) in [7, 11) is 3.28. The van der Waals surface area contributed by atoms with Crippen LogP contribution in [0.4, 0.5) is 0 Å². The van der Waals surface area contributed by atoms with E-state index in [1.165, 1.54) is 0 Å². The lowest BCUT2D eigenvalue weighted by Gasteiger charge is -2.07. The molecule has 1 amide bonds. The molecule has 0 bridgehead atoms. The molecule has 0 aromatic heterocycles. The lowest BCUT2D eigenvalue weighted by Crippen LogP contribution is -2.20. The van der Waals surface area contributed by atoms with E-state index in [1.54, 1.807) is 0 Å². The summed E-state index contributed by atoms with van der Waals surface area (Å²) in [5.41, 5.74) is 0.877. The Morgan fingerprint density at radius 1 is 1.42 bits per heavy atom. The standard InChI is InChI=1S/C9H10NOS/c1-10-9(11)8(12)7-5-3-2-4-6-7/h2-6,8,12H,1H2,(H,10,11). The van der Waals surface area contributed by atoms with Crippen LogP contribution in [0.15, 0.2) is 30.3 Å². The molecule has 0 aliphatic carbocycles. The van der Waals surface area contributed by atoms with Crippen LogP contribution in [0.5, 0.6) is 0 Å². The van der Waals surface area contributed by atoms with Gasteiger partial charge in [0.25, 0.3) is 0 Å². The molecule has 0 fully saturated rings. The highest BCUT2D eigenvalue weighted by Gasteiger charge is 2.12. The number of hydrogen-bond acceptors (Lipinski definition) is 2. The van der Waals surface area contributed by atoms with Crippen LogP contribution in [0.3, 0.4) is 0 Å². The molecule has 0 aliphatic heterocycles. The maximum absolute atomic E-state index is 11.1. The lowest BCUT2D eigenvalue weighted by atomic mass is 10.1. The highest BCUT2D eigenvalue weighted by Crippen LogP contribution is 2.18. The Balaban J connectivity index is 2.78. The third kappa shape index (κ3) is 2.01. The fourth-order valence-electron chi connectivity index (χ4n) is 0.883. The van der Waals surface area contributed by atoms with Gasteiger partial charge in [0.05, 0.1) is 0 Å². The fraction of sp³-hybridized carbons (Fsp3) is 0.111. The second-order valence-electron chi connectivity index (χ2n) is 2.35. The summed E-state index contributed by atoms with van der Waals surface area (Å²) in [6.45, 7) is 0. The summed E-state index contributed by atoms with van der Waals surface area (Å²) >= 11 is 4.14. The molecule has 1 radical (unpaired) electrons. The summed E-state index contributed by atoms with van der Waals surface area (Å²) in [5.74, 6) is -0.190. The first-order chi connectivity index (χ1) is 5.75. The minimum Gasteiger partial charge on any atom is -0.353 e. The first kappa shape index (κ1) is 9.13. The van der Waals surface area contributed by atoms with Crippen molar-refractivity contribution in [3.05, 3.63) is 42.9 Å². The predicted octanol–water partition coefficient (Wildman–Crippen LogP) is 1.57. The molecule has 1 unspecified atom stereocenters. The Bertz CT molecular complexity index is 260. The zero-order valence-electron chi connectivity index (χ0n) is 6.53. The maximum Gasteiger partial charge on any atom is 0.237 e. The van der Waals surface area contributed by atoms with Gasteiger partial charge in [-0.05, 0) is 5.56 Å². The fourth-order valence-corrected chi connectivity index (χ4v) is 1.15. The van der Waals surface area contributed by atoms with E-state index in [-0.39, 0.29) is 5.91 Å². The number of rotatable bonds is 2. The molecule has 12 heavy (non-hydrogen) atoms. The zero-order chi connectivity index (χ0) is 8.97. The van der Waals surface area contributed by atoms with E-state index in [4.69, 9.17) is 0 Å². The molecule has 1 aromatic carbocycles. The lowest BCUT2D eigenvalue weighted by molar-refractivity contribution is -0.119. The first-order valence-electron chi connectivity index (χ1n) is 3.55. The van der Waals surface area contributed by atoms with Crippen LogP contribution in [-0.2, 0) is 4.79 Å². The first-order valence-corrected chi connectivity index (χ1v) is 4.07. The summed E-state index contributed by atoms with van der Waals surface area (Å²) in [6, 6.07) is 9.34. The second-order valence-corrected chi connectivity index (χ2v) is 2.87. The summed E-state index contributed by atoms with van der Waals surface area (Å²) < 4.78 is 0. The van der Waals surface area contributed by atoms with Gasteiger partial charge in [-0.15, -0.1) is 0 Å². The van der Waals surface area contributed by atoms with Gasteiger partial charge < -0.3 is 5.32 Å². The molecule has 0 aliphatic rings. The SMILES string of the molecule is [CH2]NC(=O)C(S)c1ccccc1. The summed E-state index contributed by atoms with van der Waals surface area (Å²) in [5, 5.41) is 1.87. The van der Waals surface area contributed by atoms with Gasteiger partial charge in [-0.25, -0.2) is 0 Å². The van der Waals surface area contributed by atoms with E-state index in [0.29, 0.717) is 0 Å². The minimum absolute atomic E-state index is 0.190. The Hall–Kier alpha value is -0.960. The predicted molar refractivity (Wildman–Crippen MR) is 51.7 cm³/mol. The smallest absolute Gasteiger partial charge is 0.237 e. The van der Waals surface area contributed by atoms with E-state index < -0.39 is 5.25 Å². The molecule has 0 saturated heterocycles. The third-order valence-corrected chi connectivity index (χ3v) is 2.07. The molecule has 3 heteroatoms. The van der Waals surface area contributed by atoms with Crippen molar-refractivity contribution in [2.24, 2.45) is 0 Å². The molecular weight excluding hydrogens is 170 g/mol. The molecular formula is C9H10NOS. The number of benzene rings is 1. The van der Waals surface area contributed by atoms with Gasteiger partial charge in [0.2, 0.25) is 5.91 Å². The van der Waals surface area contributed by atoms with Crippen molar-refractivity contribution in [2.45, 2.75) is 5.25 Å². The summed E-state index contributed by atoms with van der Waals surface area (Å²) in [6.07, 6.45) is 0. The van der Waals surface area contributed by atoms with Crippen molar-refractivity contribution in [2.75, 3.05) is 0 Å². The normalized spacial score (nSPS) is 12.2. The van der Waals surface area contributed by atoms with Gasteiger partial charge in [-0.2, -0.15) is 12.6 Å². The number of carbonyl (C=O) groups is 1. The quantitative estimate of drug-likeness (QED) is 0.664. The van der Waals surface area contributed by atoms with E-state index in [0.717, 1.165) is 5.56 Å². The maximum atomic E-state index is 11.1. The van der Waals surface area contributed by atoms with Crippen LogP contribution in [0.2, 0.25) is 0 Å². The highest BCUT2D eigenvalue weighted by molar-refractivity contribution is 7.81. The van der Waals surface area contributed by atoms with E-state index in [1.807, 2.05) is 30.3 Å². The van der Waals surface area contributed by atoms with Crippen LogP contribution in [0, 0.1) is 7.05 Å². The van der Waals surface area contributed by atoms with Crippen LogP contribution in [0.25, 0.3) is 0 Å². The number of thiol groups is 1. The van der Waals surface area contributed by atoms with Gasteiger partial charge >= 0.3 is 0 Å². The molecule has 0 heterocycles. The molecule has 0 saturated carbocycles. The number of nitrogens with one attached hydrogen (secondary N) is 1. The van der Waals surface area contributed by atoms with Gasteiger partial charge in [0, 0.05) is 7.05 Å². The Labute approximate surface area is 77.4 Å². The Morgan fingerprint density at radius 3 is 2.50 bits per heavy atom. The average Bonchev–Trinajstić information content (AvgIpc) is 2.17. The van der Waals surface area contributed by atoms with Crippen molar-refractivity contribution in [1.82, 2.24) is 5.32 Å². The second kappa shape index (κ2) is 4.16. The monoisotopic (exact) mass is 180 g/mol. The Morgan fingerprint density at radius 2 is 2.00 bits per heavy atom. The number of hydrogen-bond donors (Lipinski definition) is 2. The molecule has 1 atom stereocenters. The largest absolute Gasteiger partial charge is 0.353 e. The van der Waals surface area contributed by atoms with Crippen molar-refractivity contribution in [3.8, 4) is 0 Å².